The highest BCUT2D eigenvalue weighted by Crippen LogP contribution is 2.11. The highest BCUT2D eigenvalue weighted by atomic mass is 32.1. The number of hydrogen-bond donors (Lipinski definition) is 2. The van der Waals surface area contributed by atoms with E-state index in [1.807, 2.05) is 37.4 Å². The summed E-state index contributed by atoms with van der Waals surface area (Å²) >= 11 is 1.62. The first-order valence-corrected chi connectivity index (χ1v) is 8.74. The lowest BCUT2D eigenvalue weighted by Crippen LogP contribution is -2.40. The highest BCUT2D eigenvalue weighted by molar-refractivity contribution is 7.09. The Morgan fingerprint density at radius 2 is 2.12 bits per heavy atom. The minimum atomic E-state index is -0.173. The monoisotopic (exact) mass is 346 g/mol. The van der Waals surface area contributed by atoms with Crippen LogP contribution in [-0.4, -0.2) is 34.9 Å². The molecule has 2 aromatic heterocycles. The number of amides is 3. The van der Waals surface area contributed by atoms with Crippen LogP contribution in [0.3, 0.4) is 0 Å². The molecular weight excluding hydrogens is 324 g/mol. The smallest absolute Gasteiger partial charge is 0.317 e. The Hall–Kier alpha value is -2.41. The summed E-state index contributed by atoms with van der Waals surface area (Å²) in [5.41, 5.74) is 1.03. The van der Waals surface area contributed by atoms with Crippen LogP contribution in [0.15, 0.2) is 35.8 Å². The van der Waals surface area contributed by atoms with E-state index in [9.17, 15) is 9.59 Å². The summed E-state index contributed by atoms with van der Waals surface area (Å²) in [6, 6.07) is 7.45. The first kappa shape index (κ1) is 17.9. The lowest BCUT2D eigenvalue weighted by Gasteiger charge is -2.20. The zero-order valence-corrected chi connectivity index (χ0v) is 14.7. The van der Waals surface area contributed by atoms with E-state index in [-0.39, 0.29) is 24.9 Å². The van der Waals surface area contributed by atoms with Gasteiger partial charge >= 0.3 is 6.03 Å². The molecule has 2 N–H and O–H groups in total. The van der Waals surface area contributed by atoms with E-state index in [2.05, 4.69) is 15.6 Å². The predicted octanol–water partition coefficient (Wildman–Crippen LogP) is 3.01. The van der Waals surface area contributed by atoms with Gasteiger partial charge in [-0.1, -0.05) is 12.1 Å². The molecule has 7 heteroatoms. The Morgan fingerprint density at radius 3 is 2.75 bits per heavy atom. The van der Waals surface area contributed by atoms with E-state index in [0.29, 0.717) is 18.9 Å². The van der Waals surface area contributed by atoms with Gasteiger partial charge in [0.1, 0.15) is 5.82 Å². The number of pyridine rings is 1. The van der Waals surface area contributed by atoms with Gasteiger partial charge in [0, 0.05) is 30.6 Å². The molecule has 0 saturated heterocycles. The molecule has 6 nitrogen and oxygen atoms in total. The number of aromatic nitrogens is 1. The summed E-state index contributed by atoms with van der Waals surface area (Å²) in [5, 5.41) is 7.48. The molecule has 24 heavy (non-hydrogen) atoms. The molecule has 0 atom stereocenters. The number of carbonyl (C=O) groups is 2. The van der Waals surface area contributed by atoms with Crippen LogP contribution in [0.4, 0.5) is 10.6 Å². The average molecular weight is 346 g/mol. The Labute approximate surface area is 145 Å². The van der Waals surface area contributed by atoms with Crippen LogP contribution >= 0.6 is 11.3 Å². The van der Waals surface area contributed by atoms with Gasteiger partial charge in [0.2, 0.25) is 5.91 Å². The molecule has 2 aromatic rings. The van der Waals surface area contributed by atoms with Gasteiger partial charge in [-0.05, 0) is 36.9 Å². The molecule has 2 rings (SSSR count). The summed E-state index contributed by atoms with van der Waals surface area (Å²) in [7, 11) is 0. The Morgan fingerprint density at radius 1 is 1.29 bits per heavy atom. The zero-order valence-electron chi connectivity index (χ0n) is 13.9. The lowest BCUT2D eigenvalue weighted by atomic mass is 10.3. The number of nitrogens with one attached hydrogen (secondary N) is 2. The number of hydrogen-bond acceptors (Lipinski definition) is 4. The second kappa shape index (κ2) is 9.02. The Balaban J connectivity index is 1.72. The third-order valence-corrected chi connectivity index (χ3v) is 4.26. The maximum absolute atomic E-state index is 12.2. The molecule has 0 saturated carbocycles. The molecule has 3 amide bonds. The molecule has 0 spiro atoms. The first-order chi connectivity index (χ1) is 11.6. The summed E-state index contributed by atoms with van der Waals surface area (Å²) in [4.78, 5) is 31.0. The lowest BCUT2D eigenvalue weighted by molar-refractivity contribution is -0.116. The fraction of sp³-hybridized carbons (Fsp3) is 0.353. The molecule has 0 radical (unpaired) electrons. The predicted molar refractivity (Wildman–Crippen MR) is 96.0 cm³/mol. The summed E-state index contributed by atoms with van der Waals surface area (Å²) in [6.07, 6.45) is 1.90. The summed E-state index contributed by atoms with van der Waals surface area (Å²) < 4.78 is 0. The van der Waals surface area contributed by atoms with Crippen molar-refractivity contribution in [1.82, 2.24) is 15.2 Å². The quantitative estimate of drug-likeness (QED) is 0.809. The topological polar surface area (TPSA) is 74.3 Å². The Kier molecular flexibility index (Phi) is 6.74. The van der Waals surface area contributed by atoms with Crippen LogP contribution < -0.4 is 10.6 Å². The molecule has 2 heterocycles. The first-order valence-electron chi connectivity index (χ1n) is 7.86. The van der Waals surface area contributed by atoms with E-state index in [0.717, 1.165) is 10.4 Å². The van der Waals surface area contributed by atoms with Crippen molar-refractivity contribution >= 4 is 29.1 Å². The van der Waals surface area contributed by atoms with Crippen LogP contribution in [0.25, 0.3) is 0 Å². The number of thiophene rings is 1. The van der Waals surface area contributed by atoms with Crippen molar-refractivity contribution in [2.24, 2.45) is 0 Å². The number of aryl methyl sites for hydroxylation is 1. The molecule has 0 unspecified atom stereocenters. The molecule has 0 bridgehead atoms. The van der Waals surface area contributed by atoms with E-state index in [1.54, 1.807) is 28.5 Å². The minimum Gasteiger partial charge on any atom is -0.337 e. The van der Waals surface area contributed by atoms with Gasteiger partial charge in [-0.3, -0.25) is 4.79 Å². The van der Waals surface area contributed by atoms with Gasteiger partial charge in [-0.2, -0.15) is 0 Å². The van der Waals surface area contributed by atoms with E-state index in [4.69, 9.17) is 0 Å². The van der Waals surface area contributed by atoms with Crippen molar-refractivity contribution in [3.63, 3.8) is 0 Å². The van der Waals surface area contributed by atoms with Gasteiger partial charge < -0.3 is 15.5 Å². The summed E-state index contributed by atoms with van der Waals surface area (Å²) in [6.45, 7) is 5.35. The van der Waals surface area contributed by atoms with Gasteiger partial charge in [0.15, 0.2) is 0 Å². The Bertz CT molecular complexity index is 656. The molecule has 0 aliphatic rings. The van der Waals surface area contributed by atoms with Crippen molar-refractivity contribution in [2.75, 3.05) is 18.4 Å². The average Bonchev–Trinajstić information content (AvgIpc) is 3.07. The SMILES string of the molecule is CCN(Cc1cccs1)C(=O)NCCC(=O)Nc1ccc(C)cn1. The molecule has 128 valence electrons. The van der Waals surface area contributed by atoms with Crippen LogP contribution in [0.5, 0.6) is 0 Å². The highest BCUT2D eigenvalue weighted by Gasteiger charge is 2.12. The molecular formula is C17H22N4O2S. The van der Waals surface area contributed by atoms with Crippen LogP contribution in [0, 0.1) is 6.92 Å². The summed E-state index contributed by atoms with van der Waals surface area (Å²) in [5.74, 6) is 0.345. The van der Waals surface area contributed by atoms with Crippen LogP contribution in [-0.2, 0) is 11.3 Å². The number of urea groups is 1. The minimum absolute atomic E-state index is 0.160. The molecule has 0 aliphatic carbocycles. The maximum Gasteiger partial charge on any atom is 0.317 e. The number of carbonyl (C=O) groups excluding carboxylic acids is 2. The number of nitrogens with zero attached hydrogens (tertiary/aromatic N) is 2. The van der Waals surface area contributed by atoms with Crippen molar-refractivity contribution < 1.29 is 9.59 Å². The molecule has 0 aliphatic heterocycles. The standard InChI is InChI=1S/C17H22N4O2S/c1-3-21(12-14-5-4-10-24-14)17(23)18-9-8-16(22)20-15-7-6-13(2)11-19-15/h4-7,10-11H,3,8-9,12H2,1-2H3,(H,18,23)(H,19,20,22). The van der Waals surface area contributed by atoms with E-state index >= 15 is 0 Å². The van der Waals surface area contributed by atoms with E-state index < -0.39 is 0 Å². The van der Waals surface area contributed by atoms with Crippen LogP contribution in [0.1, 0.15) is 23.8 Å². The molecule has 0 aromatic carbocycles. The molecule has 0 fully saturated rings. The second-order valence-electron chi connectivity index (χ2n) is 5.34. The van der Waals surface area contributed by atoms with Gasteiger partial charge in [0.05, 0.1) is 6.54 Å². The van der Waals surface area contributed by atoms with Crippen molar-refractivity contribution in [3.05, 3.63) is 46.3 Å². The fourth-order valence-electron chi connectivity index (χ4n) is 2.06. The normalized spacial score (nSPS) is 10.2. The zero-order chi connectivity index (χ0) is 17.4. The second-order valence-corrected chi connectivity index (χ2v) is 6.38. The maximum atomic E-state index is 12.2. The third kappa shape index (κ3) is 5.66. The number of anilines is 1. The van der Waals surface area contributed by atoms with Gasteiger partial charge in [0.25, 0.3) is 0 Å². The van der Waals surface area contributed by atoms with Gasteiger partial charge in [-0.15, -0.1) is 11.3 Å². The van der Waals surface area contributed by atoms with E-state index in [1.165, 1.54) is 0 Å². The van der Waals surface area contributed by atoms with Crippen molar-refractivity contribution in [2.45, 2.75) is 26.8 Å². The fourth-order valence-corrected chi connectivity index (χ4v) is 2.78. The van der Waals surface area contributed by atoms with Crippen LogP contribution in [0.2, 0.25) is 0 Å². The van der Waals surface area contributed by atoms with Crippen molar-refractivity contribution in [3.8, 4) is 0 Å². The largest absolute Gasteiger partial charge is 0.337 e. The van der Waals surface area contributed by atoms with Crippen molar-refractivity contribution in [1.29, 1.82) is 0 Å². The van der Waals surface area contributed by atoms with Gasteiger partial charge in [-0.25, -0.2) is 9.78 Å². The number of rotatable bonds is 7. The third-order valence-electron chi connectivity index (χ3n) is 3.40.